The third kappa shape index (κ3) is 2.33. The van der Waals surface area contributed by atoms with E-state index < -0.39 is 31.8 Å². The van der Waals surface area contributed by atoms with Crippen LogP contribution in [0, 0.1) is 0 Å². The van der Waals surface area contributed by atoms with E-state index in [-0.39, 0.29) is 5.75 Å². The first-order valence-corrected chi connectivity index (χ1v) is 6.15. The highest BCUT2D eigenvalue weighted by atomic mass is 35.7. The lowest BCUT2D eigenvalue weighted by Crippen LogP contribution is -2.07. The fourth-order valence-electron chi connectivity index (χ4n) is 1.07. The second-order valence-corrected chi connectivity index (χ2v) is 5.18. The third-order valence-electron chi connectivity index (χ3n) is 1.75. The molecule has 0 unspecified atom stereocenters. The van der Waals surface area contributed by atoms with Crippen molar-refractivity contribution in [3.8, 4) is 5.75 Å². The van der Waals surface area contributed by atoms with E-state index >= 15 is 0 Å². The summed E-state index contributed by atoms with van der Waals surface area (Å²) in [5.74, 6) is -0.139. The quantitative estimate of drug-likeness (QED) is 0.844. The van der Waals surface area contributed by atoms with Crippen LogP contribution < -0.4 is 10.5 Å². The Morgan fingerprint density at radius 1 is 1.56 bits per heavy atom. The molecule has 0 saturated carbocycles. The zero-order valence-corrected chi connectivity index (χ0v) is 9.52. The number of nitrogens with zero attached hydrogens (tertiary/aromatic N) is 1. The maximum absolute atomic E-state index is 12.6. The highest BCUT2D eigenvalue weighted by Gasteiger charge is 2.28. The molecule has 2 N–H and O–H groups in total. The first-order chi connectivity index (χ1) is 7.29. The number of pyridine rings is 1. The van der Waals surface area contributed by atoms with Crippen LogP contribution in [0.5, 0.6) is 5.75 Å². The Morgan fingerprint density at radius 3 is 2.50 bits per heavy atom. The molecule has 0 aliphatic rings. The normalized spacial score (nSPS) is 11.8. The molecular formula is C7H7ClF2N2O3S. The van der Waals surface area contributed by atoms with Crippen molar-refractivity contribution in [3.63, 3.8) is 0 Å². The summed E-state index contributed by atoms with van der Waals surface area (Å²) in [6.45, 7) is 0. The first kappa shape index (κ1) is 12.9. The molecule has 90 valence electrons. The predicted molar refractivity (Wildman–Crippen MR) is 53.2 cm³/mol. The van der Waals surface area contributed by atoms with Crippen molar-refractivity contribution >= 4 is 25.4 Å². The van der Waals surface area contributed by atoms with E-state index in [0.29, 0.717) is 0 Å². The first-order valence-electron chi connectivity index (χ1n) is 3.84. The Balaban J connectivity index is 3.60. The van der Waals surface area contributed by atoms with E-state index in [4.69, 9.17) is 16.4 Å². The minimum atomic E-state index is -4.38. The second-order valence-electron chi connectivity index (χ2n) is 2.70. The van der Waals surface area contributed by atoms with Gasteiger partial charge in [0.15, 0.2) is 10.8 Å². The Kier molecular flexibility index (Phi) is 3.54. The highest BCUT2D eigenvalue weighted by Crippen LogP contribution is 2.36. The molecule has 16 heavy (non-hydrogen) atoms. The van der Waals surface area contributed by atoms with E-state index in [2.05, 4.69) is 9.72 Å². The molecule has 1 rings (SSSR count). The van der Waals surface area contributed by atoms with Crippen LogP contribution in [0.1, 0.15) is 12.0 Å². The van der Waals surface area contributed by atoms with Gasteiger partial charge in [-0.2, -0.15) is 0 Å². The van der Waals surface area contributed by atoms with Gasteiger partial charge in [-0.1, -0.05) is 0 Å². The molecule has 0 aliphatic carbocycles. The number of halogens is 3. The monoisotopic (exact) mass is 272 g/mol. The van der Waals surface area contributed by atoms with Gasteiger partial charge in [0.25, 0.3) is 15.5 Å². The van der Waals surface area contributed by atoms with Crippen LogP contribution in [0.25, 0.3) is 0 Å². The van der Waals surface area contributed by atoms with Gasteiger partial charge in [0.05, 0.1) is 24.6 Å². The van der Waals surface area contributed by atoms with Gasteiger partial charge in [0.1, 0.15) is 0 Å². The number of ether oxygens (including phenoxy) is 1. The van der Waals surface area contributed by atoms with Crippen LogP contribution in [-0.2, 0) is 9.05 Å². The molecule has 0 atom stereocenters. The summed E-state index contributed by atoms with van der Waals surface area (Å²) in [5.41, 5.74) is 3.88. The van der Waals surface area contributed by atoms with Crippen LogP contribution in [0.2, 0.25) is 0 Å². The highest BCUT2D eigenvalue weighted by molar-refractivity contribution is 8.13. The fraction of sp³-hybridized carbons (Fsp3) is 0.286. The van der Waals surface area contributed by atoms with Crippen molar-refractivity contribution in [1.29, 1.82) is 0 Å². The molecule has 1 aromatic heterocycles. The Hall–Kier alpha value is -1.15. The molecule has 0 amide bonds. The number of hydrogen-bond acceptors (Lipinski definition) is 5. The second kappa shape index (κ2) is 4.38. The molecule has 1 heterocycles. The van der Waals surface area contributed by atoms with Gasteiger partial charge < -0.3 is 10.5 Å². The third-order valence-corrected chi connectivity index (χ3v) is 2.98. The number of rotatable bonds is 3. The summed E-state index contributed by atoms with van der Waals surface area (Å²) in [4.78, 5) is 3.30. The van der Waals surface area contributed by atoms with Gasteiger partial charge in [-0.25, -0.2) is 22.2 Å². The van der Waals surface area contributed by atoms with Gasteiger partial charge in [-0.05, 0) is 0 Å². The Bertz CT molecular complexity index is 507. The minimum Gasteiger partial charge on any atom is -0.493 e. The van der Waals surface area contributed by atoms with E-state index in [1.165, 1.54) is 7.11 Å². The Labute approximate surface area is 94.6 Å². The molecular weight excluding hydrogens is 266 g/mol. The van der Waals surface area contributed by atoms with Crippen LogP contribution in [0.3, 0.4) is 0 Å². The average molecular weight is 273 g/mol. The van der Waals surface area contributed by atoms with Crippen LogP contribution in [0.15, 0.2) is 11.2 Å². The number of alkyl halides is 2. The maximum atomic E-state index is 12.6. The van der Waals surface area contributed by atoms with Crippen molar-refractivity contribution in [2.24, 2.45) is 0 Å². The standard InChI is InChI=1S/C7H7ClF2N2O3S/c1-15-3-2-12-7(16(8,13)14)4(5(3)11)6(9)10/h2,6H,1H3,(H2,11,12). The molecule has 0 saturated heterocycles. The molecule has 0 bridgehead atoms. The van der Waals surface area contributed by atoms with Gasteiger partial charge in [0.2, 0.25) is 0 Å². The minimum absolute atomic E-state index is 0.139. The predicted octanol–water partition coefficient (Wildman–Crippen LogP) is 1.54. The van der Waals surface area contributed by atoms with Crippen LogP contribution in [0.4, 0.5) is 14.5 Å². The van der Waals surface area contributed by atoms with Crippen molar-refractivity contribution < 1.29 is 21.9 Å². The molecule has 0 spiro atoms. The van der Waals surface area contributed by atoms with Crippen LogP contribution >= 0.6 is 10.7 Å². The average Bonchev–Trinajstić information content (AvgIpc) is 2.15. The summed E-state index contributed by atoms with van der Waals surface area (Å²) in [6, 6.07) is 0. The molecule has 1 aromatic rings. The molecule has 5 nitrogen and oxygen atoms in total. The lowest BCUT2D eigenvalue weighted by molar-refractivity contribution is 0.147. The van der Waals surface area contributed by atoms with Crippen molar-refractivity contribution in [1.82, 2.24) is 4.98 Å². The molecule has 0 aromatic carbocycles. The number of hydrogen-bond donors (Lipinski definition) is 1. The topological polar surface area (TPSA) is 82.3 Å². The summed E-state index contributed by atoms with van der Waals surface area (Å²) in [6.07, 6.45) is -2.21. The summed E-state index contributed by atoms with van der Waals surface area (Å²) in [5, 5.41) is -0.956. The number of aromatic nitrogens is 1. The van der Waals surface area contributed by atoms with Gasteiger partial charge >= 0.3 is 0 Å². The number of nitrogen functional groups attached to an aromatic ring is 1. The maximum Gasteiger partial charge on any atom is 0.279 e. The van der Waals surface area contributed by atoms with Crippen molar-refractivity contribution in [2.75, 3.05) is 12.8 Å². The lowest BCUT2D eigenvalue weighted by Gasteiger charge is -2.11. The van der Waals surface area contributed by atoms with E-state index in [9.17, 15) is 17.2 Å². The molecule has 9 heteroatoms. The summed E-state index contributed by atoms with van der Waals surface area (Å²) >= 11 is 0. The summed E-state index contributed by atoms with van der Waals surface area (Å²) < 4.78 is 51.9. The lowest BCUT2D eigenvalue weighted by atomic mass is 10.2. The zero-order valence-electron chi connectivity index (χ0n) is 7.95. The number of nitrogens with two attached hydrogens (primary N) is 1. The zero-order chi connectivity index (χ0) is 12.5. The molecule has 0 fully saturated rings. The summed E-state index contributed by atoms with van der Waals surface area (Å²) in [7, 11) is 1.77. The Morgan fingerprint density at radius 2 is 2.12 bits per heavy atom. The largest absolute Gasteiger partial charge is 0.493 e. The fourth-order valence-corrected chi connectivity index (χ4v) is 2.08. The smallest absolute Gasteiger partial charge is 0.279 e. The number of methoxy groups -OCH3 is 1. The number of anilines is 1. The van der Waals surface area contributed by atoms with Crippen LogP contribution in [-0.4, -0.2) is 20.5 Å². The van der Waals surface area contributed by atoms with E-state index in [1.807, 2.05) is 0 Å². The molecule has 0 aliphatic heterocycles. The van der Waals surface area contributed by atoms with Gasteiger partial charge in [0, 0.05) is 10.7 Å². The molecule has 0 radical (unpaired) electrons. The van der Waals surface area contributed by atoms with E-state index in [1.54, 1.807) is 0 Å². The van der Waals surface area contributed by atoms with Crippen molar-refractivity contribution in [3.05, 3.63) is 11.8 Å². The van der Waals surface area contributed by atoms with Crippen molar-refractivity contribution in [2.45, 2.75) is 11.5 Å². The van der Waals surface area contributed by atoms with E-state index in [0.717, 1.165) is 6.20 Å². The van der Waals surface area contributed by atoms with Gasteiger partial charge in [-0.3, -0.25) is 0 Å². The van der Waals surface area contributed by atoms with Gasteiger partial charge in [-0.15, -0.1) is 0 Å². The SMILES string of the molecule is COc1cnc(S(=O)(=O)Cl)c(C(F)F)c1N.